The highest BCUT2D eigenvalue weighted by molar-refractivity contribution is 6.08. The van der Waals surface area contributed by atoms with E-state index in [1.165, 1.54) is 6.07 Å². The Kier molecular flexibility index (Phi) is 2.48. The minimum atomic E-state index is -0.321. The Labute approximate surface area is 120 Å². The van der Waals surface area contributed by atoms with Crippen molar-refractivity contribution in [1.29, 1.82) is 0 Å². The molecule has 3 heteroatoms. The van der Waals surface area contributed by atoms with Crippen LogP contribution in [0.5, 0.6) is 0 Å². The van der Waals surface area contributed by atoms with E-state index in [0.29, 0.717) is 5.58 Å². The van der Waals surface area contributed by atoms with E-state index >= 15 is 0 Å². The topological polar surface area (TPSA) is 46.0 Å². The molecule has 0 aliphatic rings. The molecule has 0 atom stereocenters. The molecule has 0 fully saturated rings. The van der Waals surface area contributed by atoms with E-state index in [2.05, 4.69) is 24.0 Å². The second-order valence-corrected chi connectivity index (χ2v) is 5.15. The van der Waals surface area contributed by atoms with Crippen LogP contribution in [0.4, 0.5) is 0 Å². The molecule has 4 rings (SSSR count). The van der Waals surface area contributed by atoms with Gasteiger partial charge >= 0.3 is 5.63 Å². The monoisotopic (exact) mass is 275 g/mol. The SMILES string of the molecule is Cc1c(-c2ccccc2)[nH]c2ccc3oc(=O)ccc3c12. The first-order valence-electron chi connectivity index (χ1n) is 6.84. The van der Waals surface area contributed by atoms with E-state index in [9.17, 15) is 4.79 Å². The molecule has 0 amide bonds. The Morgan fingerprint density at radius 1 is 0.952 bits per heavy atom. The molecule has 4 aromatic rings. The first kappa shape index (κ1) is 12.0. The quantitative estimate of drug-likeness (QED) is 0.528. The summed E-state index contributed by atoms with van der Waals surface area (Å²) in [5.41, 5.74) is 4.76. The lowest BCUT2D eigenvalue weighted by Crippen LogP contribution is -1.94. The standard InChI is InChI=1S/C18H13NO2/c1-11-17-13-7-10-16(20)21-15(13)9-8-14(17)19-18(11)12-5-3-2-4-6-12/h2-10,19H,1H3. The van der Waals surface area contributed by atoms with Gasteiger partial charge in [-0.3, -0.25) is 0 Å². The molecule has 102 valence electrons. The van der Waals surface area contributed by atoms with Gasteiger partial charge in [0.25, 0.3) is 0 Å². The zero-order valence-corrected chi connectivity index (χ0v) is 11.5. The zero-order chi connectivity index (χ0) is 14.4. The molecular weight excluding hydrogens is 262 g/mol. The van der Waals surface area contributed by atoms with E-state index in [4.69, 9.17) is 4.42 Å². The third-order valence-corrected chi connectivity index (χ3v) is 3.87. The summed E-state index contributed by atoms with van der Waals surface area (Å²) in [7, 11) is 0. The Balaban J connectivity index is 2.11. The lowest BCUT2D eigenvalue weighted by atomic mass is 10.0. The Bertz CT molecular complexity index is 1010. The third kappa shape index (κ3) is 1.78. The molecule has 0 unspecified atom stereocenters. The van der Waals surface area contributed by atoms with Crippen molar-refractivity contribution < 1.29 is 4.42 Å². The van der Waals surface area contributed by atoms with Crippen LogP contribution in [0.3, 0.4) is 0 Å². The molecule has 1 N–H and O–H groups in total. The fourth-order valence-corrected chi connectivity index (χ4v) is 2.90. The molecule has 0 aliphatic heterocycles. The van der Waals surface area contributed by atoms with E-state index in [-0.39, 0.29) is 5.63 Å². The van der Waals surface area contributed by atoms with Gasteiger partial charge in [0.15, 0.2) is 0 Å². The van der Waals surface area contributed by atoms with Crippen molar-refractivity contribution in [3.8, 4) is 11.3 Å². The normalized spacial score (nSPS) is 11.3. The smallest absolute Gasteiger partial charge is 0.336 e. The molecule has 0 saturated carbocycles. The maximum Gasteiger partial charge on any atom is 0.336 e. The molecule has 0 bridgehead atoms. The molecule has 21 heavy (non-hydrogen) atoms. The number of nitrogens with one attached hydrogen (secondary N) is 1. The Hall–Kier alpha value is -2.81. The van der Waals surface area contributed by atoms with Crippen molar-refractivity contribution in [3.63, 3.8) is 0 Å². The molecule has 0 aliphatic carbocycles. The highest BCUT2D eigenvalue weighted by Gasteiger charge is 2.12. The summed E-state index contributed by atoms with van der Waals surface area (Å²) in [6.07, 6.45) is 0. The van der Waals surface area contributed by atoms with Crippen molar-refractivity contribution in [2.24, 2.45) is 0 Å². The number of aromatic nitrogens is 1. The Morgan fingerprint density at radius 2 is 1.76 bits per heavy atom. The minimum Gasteiger partial charge on any atom is -0.423 e. The van der Waals surface area contributed by atoms with Crippen molar-refractivity contribution in [2.45, 2.75) is 6.92 Å². The highest BCUT2D eigenvalue weighted by atomic mass is 16.4. The van der Waals surface area contributed by atoms with Gasteiger partial charge in [-0.2, -0.15) is 0 Å². The average molecular weight is 275 g/mol. The largest absolute Gasteiger partial charge is 0.423 e. The van der Waals surface area contributed by atoms with Crippen LogP contribution >= 0.6 is 0 Å². The number of benzene rings is 2. The fraction of sp³-hybridized carbons (Fsp3) is 0.0556. The Morgan fingerprint density at radius 3 is 2.57 bits per heavy atom. The van der Waals surface area contributed by atoms with Gasteiger partial charge in [-0.15, -0.1) is 0 Å². The predicted octanol–water partition coefficient (Wildman–Crippen LogP) is 4.25. The first-order chi connectivity index (χ1) is 10.2. The molecule has 2 aromatic heterocycles. The molecule has 2 heterocycles. The first-order valence-corrected chi connectivity index (χ1v) is 6.84. The summed E-state index contributed by atoms with van der Waals surface area (Å²) in [4.78, 5) is 14.8. The van der Waals surface area contributed by atoms with E-state index < -0.39 is 0 Å². The van der Waals surface area contributed by atoms with Gasteiger partial charge in [0.2, 0.25) is 0 Å². The van der Waals surface area contributed by atoms with Gasteiger partial charge in [0, 0.05) is 28.0 Å². The van der Waals surface area contributed by atoms with Crippen LogP contribution in [0.15, 0.2) is 63.8 Å². The molecular formula is C18H13NO2. The third-order valence-electron chi connectivity index (χ3n) is 3.87. The van der Waals surface area contributed by atoms with Gasteiger partial charge in [-0.05, 0) is 36.2 Å². The van der Waals surface area contributed by atoms with Crippen LogP contribution in [0.25, 0.3) is 33.1 Å². The second kappa shape index (κ2) is 4.35. The van der Waals surface area contributed by atoms with Gasteiger partial charge in [0.1, 0.15) is 5.58 Å². The van der Waals surface area contributed by atoms with Gasteiger partial charge < -0.3 is 9.40 Å². The summed E-state index contributed by atoms with van der Waals surface area (Å²) in [5.74, 6) is 0. The number of hydrogen-bond acceptors (Lipinski definition) is 2. The maximum absolute atomic E-state index is 11.4. The fourth-order valence-electron chi connectivity index (χ4n) is 2.90. The van der Waals surface area contributed by atoms with E-state index in [1.807, 2.05) is 36.4 Å². The van der Waals surface area contributed by atoms with Crippen LogP contribution in [-0.4, -0.2) is 4.98 Å². The van der Waals surface area contributed by atoms with E-state index in [1.54, 1.807) is 0 Å². The van der Waals surface area contributed by atoms with Crippen molar-refractivity contribution in [2.75, 3.05) is 0 Å². The maximum atomic E-state index is 11.4. The van der Waals surface area contributed by atoms with Crippen molar-refractivity contribution in [1.82, 2.24) is 4.98 Å². The van der Waals surface area contributed by atoms with Crippen LogP contribution in [0.1, 0.15) is 5.56 Å². The summed E-state index contributed by atoms with van der Waals surface area (Å²) < 4.78 is 5.27. The molecule has 3 nitrogen and oxygen atoms in total. The summed E-state index contributed by atoms with van der Waals surface area (Å²) in [5, 5.41) is 2.07. The number of hydrogen-bond donors (Lipinski definition) is 1. The number of H-pyrrole nitrogens is 1. The molecule has 0 radical (unpaired) electrons. The molecule has 2 aromatic carbocycles. The van der Waals surface area contributed by atoms with Crippen LogP contribution in [-0.2, 0) is 0 Å². The van der Waals surface area contributed by atoms with Crippen LogP contribution < -0.4 is 5.63 Å². The van der Waals surface area contributed by atoms with Gasteiger partial charge in [-0.25, -0.2) is 4.79 Å². The number of aryl methyl sites for hydroxylation is 1. The molecule has 0 spiro atoms. The number of aromatic amines is 1. The summed E-state index contributed by atoms with van der Waals surface area (Å²) in [6.45, 7) is 2.09. The number of fused-ring (bicyclic) bond motifs is 3. The predicted molar refractivity (Wildman–Crippen MR) is 84.5 cm³/mol. The number of rotatable bonds is 1. The zero-order valence-electron chi connectivity index (χ0n) is 11.5. The lowest BCUT2D eigenvalue weighted by molar-refractivity contribution is 0.561. The summed E-state index contributed by atoms with van der Waals surface area (Å²) >= 11 is 0. The van der Waals surface area contributed by atoms with Crippen LogP contribution in [0, 0.1) is 6.92 Å². The average Bonchev–Trinajstić information content (AvgIpc) is 2.85. The van der Waals surface area contributed by atoms with Crippen LogP contribution in [0.2, 0.25) is 0 Å². The minimum absolute atomic E-state index is 0.321. The van der Waals surface area contributed by atoms with Crippen molar-refractivity contribution >= 4 is 21.9 Å². The van der Waals surface area contributed by atoms with Gasteiger partial charge in [0.05, 0.1) is 0 Å². The van der Waals surface area contributed by atoms with Gasteiger partial charge in [-0.1, -0.05) is 30.3 Å². The second-order valence-electron chi connectivity index (χ2n) is 5.15. The highest BCUT2D eigenvalue weighted by Crippen LogP contribution is 2.33. The van der Waals surface area contributed by atoms with E-state index in [0.717, 1.165) is 33.1 Å². The van der Waals surface area contributed by atoms with Crippen molar-refractivity contribution in [3.05, 3.63) is 70.6 Å². The lowest BCUT2D eigenvalue weighted by Gasteiger charge is -2.00. The summed E-state index contributed by atoms with van der Waals surface area (Å²) in [6, 6.07) is 17.3. The molecule has 0 saturated heterocycles.